The zero-order valence-electron chi connectivity index (χ0n) is 31.5. The Morgan fingerprint density at radius 1 is 0.722 bits per heavy atom. The second kappa shape index (κ2) is 16.8. The molecular weight excluding hydrogens is 729 g/mol. The Hall–Kier alpha value is -4.70. The van der Waals surface area contributed by atoms with E-state index in [4.69, 9.17) is 19.5 Å². The van der Waals surface area contributed by atoms with Crippen molar-refractivity contribution in [1.82, 2.24) is 31.2 Å². The van der Waals surface area contributed by atoms with Crippen molar-refractivity contribution in [2.24, 2.45) is 21.8 Å². The number of aromatic nitrogens is 2. The number of benzene rings is 1. The van der Waals surface area contributed by atoms with Crippen molar-refractivity contribution >= 4 is 58.1 Å². The second-order valence-electron chi connectivity index (χ2n) is 14.6. The first-order valence-corrected chi connectivity index (χ1v) is 20.2. The van der Waals surface area contributed by atoms with Crippen LogP contribution in [0.5, 0.6) is 0 Å². The van der Waals surface area contributed by atoms with Crippen molar-refractivity contribution in [2.45, 2.75) is 116 Å². The summed E-state index contributed by atoms with van der Waals surface area (Å²) in [7, 11) is 0. The van der Waals surface area contributed by atoms with E-state index < -0.39 is 60.3 Å². The number of carbonyl (C=O) groups is 4. The monoisotopic (exact) mass is 776 g/mol. The molecule has 0 radical (unpaired) electrons. The van der Waals surface area contributed by atoms with Gasteiger partial charge < -0.3 is 30.7 Å². The Bertz CT molecular complexity index is 1910. The van der Waals surface area contributed by atoms with Crippen LogP contribution in [-0.4, -0.2) is 81.8 Å². The molecule has 0 unspecified atom stereocenters. The first-order chi connectivity index (χ1) is 25.8. The van der Waals surface area contributed by atoms with Gasteiger partial charge in [-0.15, -0.1) is 22.7 Å². The number of aliphatic imine (C=N–C) groups is 2. The number of ether oxygens (including phenoxy) is 2. The Balaban J connectivity index is 1.37. The van der Waals surface area contributed by atoms with Gasteiger partial charge in [0.1, 0.15) is 45.7 Å². The lowest BCUT2D eigenvalue weighted by Crippen LogP contribution is -2.45. The summed E-state index contributed by atoms with van der Waals surface area (Å²) >= 11 is 2.53. The number of carbonyl (C=O) groups excluding carboxylic acids is 4. The third-order valence-electron chi connectivity index (χ3n) is 9.78. The molecule has 0 saturated heterocycles. The Morgan fingerprint density at radius 2 is 1.30 bits per heavy atom. The minimum Gasteiger partial charge on any atom is -0.474 e. The van der Waals surface area contributed by atoms with Gasteiger partial charge >= 0.3 is 0 Å². The predicted molar refractivity (Wildman–Crippen MR) is 207 cm³/mol. The number of nitrogens with one attached hydrogen (secondary N) is 4. The van der Waals surface area contributed by atoms with Crippen LogP contribution in [-0.2, 0) is 25.5 Å². The number of rotatable bonds is 6. The van der Waals surface area contributed by atoms with Crippen molar-refractivity contribution in [2.75, 3.05) is 0 Å². The van der Waals surface area contributed by atoms with Crippen LogP contribution < -0.4 is 21.3 Å². The first kappa shape index (κ1) is 39.0. The van der Waals surface area contributed by atoms with E-state index in [1.54, 1.807) is 31.5 Å². The molecule has 9 atom stereocenters. The van der Waals surface area contributed by atoms with E-state index in [0.29, 0.717) is 29.3 Å². The zero-order valence-corrected chi connectivity index (χ0v) is 33.1. The Kier molecular flexibility index (Phi) is 12.1. The van der Waals surface area contributed by atoms with Gasteiger partial charge in [-0.2, -0.15) is 0 Å². The molecule has 3 aliphatic rings. The smallest absolute Gasteiger partial charge is 0.271 e. The van der Waals surface area contributed by atoms with Gasteiger partial charge in [0.25, 0.3) is 11.8 Å². The zero-order chi connectivity index (χ0) is 38.7. The maximum Gasteiger partial charge on any atom is 0.271 e. The van der Waals surface area contributed by atoms with E-state index in [0.717, 1.165) is 5.56 Å². The quantitative estimate of drug-likeness (QED) is 0.281. The van der Waals surface area contributed by atoms with Crippen LogP contribution in [0.25, 0.3) is 0 Å². The molecule has 4 N–H and O–H groups in total. The third-order valence-corrected chi connectivity index (χ3v) is 11.8. The van der Waals surface area contributed by atoms with E-state index in [9.17, 15) is 19.2 Å². The molecular formula is C38H48N8O6S2. The van der Waals surface area contributed by atoms with Gasteiger partial charge in [-0.1, -0.05) is 64.4 Å². The molecule has 0 saturated carbocycles. The number of fused-ring (bicyclic) bond motifs is 6. The van der Waals surface area contributed by atoms with Crippen LogP contribution in [0.15, 0.2) is 51.1 Å². The lowest BCUT2D eigenvalue weighted by molar-refractivity contribution is -0.125. The van der Waals surface area contributed by atoms with Crippen molar-refractivity contribution in [3.05, 3.63) is 68.1 Å². The molecule has 6 rings (SSSR count). The van der Waals surface area contributed by atoms with Gasteiger partial charge in [-0.05, 0) is 51.0 Å². The molecule has 16 heteroatoms. The number of amides is 4. The lowest BCUT2D eigenvalue weighted by atomic mass is 9.98. The molecule has 5 heterocycles. The summed E-state index contributed by atoms with van der Waals surface area (Å²) in [6.07, 6.45) is 0.442. The normalized spacial score (nSPS) is 28.4. The van der Waals surface area contributed by atoms with Crippen LogP contribution in [0.1, 0.15) is 110 Å². The maximum atomic E-state index is 14.0. The van der Waals surface area contributed by atoms with Crippen molar-refractivity contribution < 1.29 is 28.7 Å². The number of nitrogens with zero attached hydrogens (tertiary/aromatic N) is 4. The van der Waals surface area contributed by atoms with Crippen molar-refractivity contribution in [3.63, 3.8) is 0 Å². The summed E-state index contributed by atoms with van der Waals surface area (Å²) in [5, 5.41) is 16.6. The molecule has 8 bridgehead atoms. The fourth-order valence-electron chi connectivity index (χ4n) is 6.56. The van der Waals surface area contributed by atoms with Crippen LogP contribution in [0, 0.1) is 11.8 Å². The molecule has 54 heavy (non-hydrogen) atoms. The average molecular weight is 777 g/mol. The fraction of sp³-hybridized carbons (Fsp3) is 0.526. The van der Waals surface area contributed by atoms with E-state index in [2.05, 4.69) is 31.2 Å². The average Bonchev–Trinajstić information content (AvgIpc) is 3.96. The van der Waals surface area contributed by atoms with Gasteiger partial charge in [0.15, 0.2) is 12.1 Å². The maximum absolute atomic E-state index is 14.0. The minimum atomic E-state index is -0.888. The van der Waals surface area contributed by atoms with E-state index in [1.807, 2.05) is 58.0 Å². The van der Waals surface area contributed by atoms with Crippen LogP contribution in [0.3, 0.4) is 0 Å². The van der Waals surface area contributed by atoms with Crippen LogP contribution >= 0.6 is 22.7 Å². The topological polar surface area (TPSA) is 185 Å². The fourth-order valence-corrected chi connectivity index (χ4v) is 8.21. The standard InChI is InChI=1S/C38H48N8O6S2/c1-8-19(4)28-36-46-30(22(7)52-36)34(50)41-25(15-23-12-10-9-11-13-23)38-43-26(17-54-38)31(47)40-24(14-18(2)3)35-45-29(21(6)51-35)33(49)39-20(5)37-42-27(16-53-37)32(48)44-28/h9-13,16-22,24-25,28-30H,8,14-15H2,1-7H3,(H,39,49)(H,40,47)(H,41,50)(H,44,48)/t19-,20+,21+,22+,24-,25+,28-,29-,30-/m0/s1. The lowest BCUT2D eigenvalue weighted by Gasteiger charge is -2.24. The van der Waals surface area contributed by atoms with Crippen molar-refractivity contribution in [3.8, 4) is 0 Å². The van der Waals surface area contributed by atoms with E-state index in [-0.39, 0.29) is 46.8 Å². The predicted octanol–water partition coefficient (Wildman–Crippen LogP) is 4.55. The highest BCUT2D eigenvalue weighted by Crippen LogP contribution is 2.27. The molecule has 14 nitrogen and oxygen atoms in total. The van der Waals surface area contributed by atoms with Crippen LogP contribution in [0.2, 0.25) is 0 Å². The van der Waals surface area contributed by atoms with Crippen molar-refractivity contribution in [1.29, 1.82) is 0 Å². The summed E-state index contributed by atoms with van der Waals surface area (Å²) in [5.74, 6) is -0.939. The van der Waals surface area contributed by atoms with Gasteiger partial charge in [0, 0.05) is 10.8 Å². The molecule has 1 aromatic carbocycles. The number of hydrogen-bond acceptors (Lipinski definition) is 12. The van der Waals surface area contributed by atoms with Gasteiger partial charge in [-0.25, -0.2) is 20.0 Å². The minimum absolute atomic E-state index is 0.0801. The second-order valence-corrected chi connectivity index (χ2v) is 16.4. The van der Waals surface area contributed by atoms with Gasteiger partial charge in [0.05, 0.1) is 12.1 Å². The Morgan fingerprint density at radius 3 is 1.94 bits per heavy atom. The van der Waals surface area contributed by atoms with Gasteiger partial charge in [-0.3, -0.25) is 19.2 Å². The molecule has 288 valence electrons. The molecule has 0 fully saturated rings. The third kappa shape index (κ3) is 8.81. The number of hydrogen-bond donors (Lipinski definition) is 4. The highest BCUT2D eigenvalue weighted by molar-refractivity contribution is 7.10. The van der Waals surface area contributed by atoms with E-state index >= 15 is 0 Å². The summed E-state index contributed by atoms with van der Waals surface area (Å²) < 4.78 is 12.3. The van der Waals surface area contributed by atoms with Gasteiger partial charge in [0.2, 0.25) is 23.6 Å². The molecule has 2 aromatic heterocycles. The molecule has 0 aliphatic carbocycles. The highest BCUT2D eigenvalue weighted by Gasteiger charge is 2.41. The first-order valence-electron chi connectivity index (χ1n) is 18.5. The molecule has 4 amide bonds. The molecule has 0 spiro atoms. The Labute approximate surface area is 323 Å². The summed E-state index contributed by atoms with van der Waals surface area (Å²) in [5.41, 5.74) is 1.35. The summed E-state index contributed by atoms with van der Waals surface area (Å²) in [6.45, 7) is 13.4. The summed E-state index contributed by atoms with van der Waals surface area (Å²) in [4.78, 5) is 73.6. The van der Waals surface area contributed by atoms with E-state index in [1.165, 1.54) is 22.7 Å². The van der Waals surface area contributed by atoms with Crippen LogP contribution in [0.4, 0.5) is 0 Å². The summed E-state index contributed by atoms with van der Waals surface area (Å²) in [6, 6.07) is 5.63. The largest absolute Gasteiger partial charge is 0.474 e. The number of thiazole rings is 2. The molecule has 3 aliphatic heterocycles. The molecule has 3 aromatic rings. The highest BCUT2D eigenvalue weighted by atomic mass is 32.1. The SMILES string of the molecule is CC[C@H](C)[C@@H]1NC(=O)c2csc(n2)[C@@H](C)NC(=O)[C@H]2N=C(O[C@@H]2C)[C@H](CC(C)C)NC(=O)c2csc(n2)[C@@H](Cc2ccccc2)NC(=O)[C@H]2N=C1O[C@@H]2C.